The molecule has 0 radical (unpaired) electrons. The maximum Gasteiger partial charge on any atom is 0.257 e. The summed E-state index contributed by atoms with van der Waals surface area (Å²) in [6.45, 7) is 4.82. The van der Waals surface area contributed by atoms with Gasteiger partial charge in [-0.05, 0) is 25.0 Å². The van der Waals surface area contributed by atoms with Crippen LogP contribution in [0.15, 0.2) is 34.2 Å². The van der Waals surface area contributed by atoms with E-state index in [0.29, 0.717) is 36.0 Å². The molecule has 0 atom stereocenters. The minimum Gasteiger partial charge on any atom is -0.383 e. The predicted molar refractivity (Wildman–Crippen MR) is 104 cm³/mol. The fourth-order valence-electron chi connectivity index (χ4n) is 2.54. The second kappa shape index (κ2) is 9.54. The van der Waals surface area contributed by atoms with Crippen LogP contribution in [0.1, 0.15) is 22.4 Å². The summed E-state index contributed by atoms with van der Waals surface area (Å²) in [6.07, 6.45) is 0.556. The number of carbonyl (C=O) groups is 1. The number of aryl methyl sites for hydroxylation is 2. The zero-order valence-electron chi connectivity index (χ0n) is 15.7. The third kappa shape index (κ3) is 5.19. The van der Waals surface area contributed by atoms with Gasteiger partial charge in [0.25, 0.3) is 5.56 Å². The Bertz CT molecular complexity index is 833. The molecule has 0 aliphatic heterocycles. The zero-order valence-corrected chi connectivity index (χ0v) is 16.5. The highest BCUT2D eigenvalue weighted by Gasteiger charge is 2.14. The molecule has 0 fully saturated rings. The van der Waals surface area contributed by atoms with Gasteiger partial charge >= 0.3 is 0 Å². The number of amides is 1. The molecule has 2 rings (SSSR count). The van der Waals surface area contributed by atoms with Crippen LogP contribution in [-0.2, 0) is 23.0 Å². The molecule has 0 unspecified atom stereocenters. The van der Waals surface area contributed by atoms with Gasteiger partial charge < -0.3 is 10.1 Å². The Hall–Kier alpha value is -2.12. The zero-order chi connectivity index (χ0) is 19.1. The molecule has 6 nitrogen and oxygen atoms in total. The average Bonchev–Trinajstić information content (AvgIpc) is 2.62. The van der Waals surface area contributed by atoms with Gasteiger partial charge in [0, 0.05) is 38.4 Å². The van der Waals surface area contributed by atoms with Crippen LogP contribution in [0.5, 0.6) is 0 Å². The summed E-state index contributed by atoms with van der Waals surface area (Å²) in [6, 6.07) is 8.03. The summed E-state index contributed by atoms with van der Waals surface area (Å²) in [5.74, 6) is 0.101. The van der Waals surface area contributed by atoms with Crippen molar-refractivity contribution >= 4 is 17.7 Å². The molecule has 26 heavy (non-hydrogen) atoms. The largest absolute Gasteiger partial charge is 0.383 e. The van der Waals surface area contributed by atoms with Crippen molar-refractivity contribution in [2.24, 2.45) is 7.05 Å². The lowest BCUT2D eigenvalue weighted by molar-refractivity contribution is -0.118. The highest BCUT2D eigenvalue weighted by molar-refractivity contribution is 7.99. The highest BCUT2D eigenvalue weighted by Crippen LogP contribution is 2.17. The minimum atomic E-state index is -0.108. The van der Waals surface area contributed by atoms with Crippen molar-refractivity contribution in [1.29, 1.82) is 0 Å². The number of methoxy groups -OCH3 is 1. The van der Waals surface area contributed by atoms with Crippen molar-refractivity contribution < 1.29 is 9.53 Å². The quantitative estimate of drug-likeness (QED) is 0.433. The normalized spacial score (nSPS) is 10.8. The molecule has 1 aromatic heterocycles. The lowest BCUT2D eigenvalue weighted by Crippen LogP contribution is -2.29. The molecule has 0 saturated heterocycles. The van der Waals surface area contributed by atoms with E-state index in [9.17, 15) is 9.59 Å². The van der Waals surface area contributed by atoms with Crippen LogP contribution in [0.25, 0.3) is 0 Å². The minimum absolute atomic E-state index is 0.0666. The predicted octanol–water partition coefficient (Wildman–Crippen LogP) is 1.84. The first-order chi connectivity index (χ1) is 12.4. The molecule has 1 aromatic carbocycles. The van der Waals surface area contributed by atoms with Crippen molar-refractivity contribution in [3.63, 3.8) is 0 Å². The monoisotopic (exact) mass is 375 g/mol. The third-order valence-electron chi connectivity index (χ3n) is 4.14. The van der Waals surface area contributed by atoms with E-state index in [2.05, 4.69) is 10.3 Å². The van der Waals surface area contributed by atoms with E-state index in [4.69, 9.17) is 4.74 Å². The number of hydrogen-bond acceptors (Lipinski definition) is 5. The second-order valence-electron chi connectivity index (χ2n) is 6.06. The number of thioether (sulfide) groups is 1. The van der Waals surface area contributed by atoms with E-state index in [0.717, 1.165) is 11.1 Å². The summed E-state index contributed by atoms with van der Waals surface area (Å²) in [4.78, 5) is 29.1. The Kier molecular flexibility index (Phi) is 7.41. The van der Waals surface area contributed by atoms with Crippen LogP contribution < -0.4 is 10.9 Å². The Morgan fingerprint density at radius 2 is 2.04 bits per heavy atom. The Balaban J connectivity index is 2.13. The Morgan fingerprint density at radius 1 is 1.31 bits per heavy atom. The number of aromatic nitrogens is 2. The summed E-state index contributed by atoms with van der Waals surface area (Å²) in [7, 11) is 3.28. The van der Waals surface area contributed by atoms with Gasteiger partial charge in [-0.25, -0.2) is 4.98 Å². The standard InChI is InChI=1S/C19H25N3O3S/c1-13-7-5-6-8-15(13)11-16-14(2)21-19(22(3)18(16)24)26-12-17(23)20-9-10-25-4/h5-8H,9-12H2,1-4H3,(H,20,23). The van der Waals surface area contributed by atoms with E-state index in [-0.39, 0.29) is 17.2 Å². The third-order valence-corrected chi connectivity index (χ3v) is 5.17. The molecule has 1 heterocycles. The van der Waals surface area contributed by atoms with Gasteiger partial charge in [0.1, 0.15) is 0 Å². The molecule has 7 heteroatoms. The van der Waals surface area contributed by atoms with E-state index >= 15 is 0 Å². The molecule has 0 aliphatic rings. The molecule has 0 spiro atoms. The maximum absolute atomic E-state index is 12.8. The first-order valence-corrected chi connectivity index (χ1v) is 9.42. The molecule has 0 bridgehead atoms. The molecule has 1 N–H and O–H groups in total. The molecule has 0 saturated carbocycles. The van der Waals surface area contributed by atoms with Crippen LogP contribution in [0, 0.1) is 13.8 Å². The Morgan fingerprint density at radius 3 is 2.73 bits per heavy atom. The lowest BCUT2D eigenvalue weighted by Gasteiger charge is -2.13. The average molecular weight is 375 g/mol. The van der Waals surface area contributed by atoms with Gasteiger partial charge in [-0.15, -0.1) is 0 Å². The first kappa shape index (κ1) is 20.2. The second-order valence-corrected chi connectivity index (χ2v) is 7.00. The number of rotatable bonds is 8. The molecule has 140 valence electrons. The number of carbonyl (C=O) groups excluding carboxylic acids is 1. The summed E-state index contributed by atoms with van der Waals surface area (Å²) in [5, 5.41) is 3.30. The van der Waals surface area contributed by atoms with Gasteiger partial charge in [0.2, 0.25) is 5.91 Å². The van der Waals surface area contributed by atoms with Gasteiger partial charge in [0.15, 0.2) is 5.16 Å². The van der Waals surface area contributed by atoms with Crippen LogP contribution in [0.4, 0.5) is 0 Å². The van der Waals surface area contributed by atoms with Gasteiger partial charge in [-0.2, -0.15) is 0 Å². The molecule has 0 aliphatic carbocycles. The number of benzene rings is 1. The SMILES string of the molecule is COCCNC(=O)CSc1nc(C)c(Cc2ccccc2C)c(=O)n1C. The van der Waals surface area contributed by atoms with Crippen LogP contribution in [-0.4, -0.2) is 41.5 Å². The van der Waals surface area contributed by atoms with E-state index in [1.807, 2.05) is 38.1 Å². The van der Waals surface area contributed by atoms with Gasteiger partial charge in [-0.3, -0.25) is 14.2 Å². The fourth-order valence-corrected chi connectivity index (χ4v) is 3.38. The Labute approximate surface area is 158 Å². The topological polar surface area (TPSA) is 73.2 Å². The lowest BCUT2D eigenvalue weighted by atomic mass is 10.0. The van der Waals surface area contributed by atoms with Crippen molar-refractivity contribution in [1.82, 2.24) is 14.9 Å². The summed E-state index contributed by atoms with van der Waals surface area (Å²) >= 11 is 1.26. The molecule has 1 amide bonds. The number of ether oxygens (including phenoxy) is 1. The van der Waals surface area contributed by atoms with Crippen molar-refractivity contribution in [2.75, 3.05) is 26.0 Å². The number of nitrogens with one attached hydrogen (secondary N) is 1. The summed E-state index contributed by atoms with van der Waals surface area (Å²) < 4.78 is 6.42. The van der Waals surface area contributed by atoms with Crippen LogP contribution in [0.3, 0.4) is 0 Å². The molecular weight excluding hydrogens is 350 g/mol. The highest BCUT2D eigenvalue weighted by atomic mass is 32.2. The van der Waals surface area contributed by atoms with Crippen LogP contribution >= 0.6 is 11.8 Å². The van der Waals surface area contributed by atoms with E-state index in [1.165, 1.54) is 16.3 Å². The number of hydrogen-bond donors (Lipinski definition) is 1. The van der Waals surface area contributed by atoms with Gasteiger partial charge in [0.05, 0.1) is 12.4 Å². The van der Waals surface area contributed by atoms with Gasteiger partial charge in [-0.1, -0.05) is 36.0 Å². The maximum atomic E-state index is 12.8. The smallest absolute Gasteiger partial charge is 0.257 e. The molecule has 2 aromatic rings. The fraction of sp³-hybridized carbons (Fsp3) is 0.421. The van der Waals surface area contributed by atoms with E-state index in [1.54, 1.807) is 14.2 Å². The van der Waals surface area contributed by atoms with Crippen molar-refractivity contribution in [3.05, 3.63) is 57.0 Å². The number of nitrogens with zero attached hydrogens (tertiary/aromatic N) is 2. The van der Waals surface area contributed by atoms with Crippen molar-refractivity contribution in [3.8, 4) is 0 Å². The van der Waals surface area contributed by atoms with Crippen molar-refractivity contribution in [2.45, 2.75) is 25.4 Å². The molecular formula is C19H25N3O3S. The first-order valence-electron chi connectivity index (χ1n) is 8.43. The van der Waals surface area contributed by atoms with Crippen LogP contribution in [0.2, 0.25) is 0 Å². The summed E-state index contributed by atoms with van der Waals surface area (Å²) in [5.41, 5.74) is 3.60. The van der Waals surface area contributed by atoms with E-state index < -0.39 is 0 Å².